The number of benzene rings is 1. The van der Waals surface area contributed by atoms with Crippen LogP contribution in [0, 0.1) is 5.82 Å². The van der Waals surface area contributed by atoms with E-state index in [2.05, 4.69) is 40.0 Å². The first-order chi connectivity index (χ1) is 8.96. The first kappa shape index (κ1) is 14.9. The SMILES string of the molecule is CNC(c1cc(Br)ccc1F)C(C)(C)N1CCCC1. The van der Waals surface area contributed by atoms with Crippen molar-refractivity contribution in [1.82, 2.24) is 10.2 Å². The maximum atomic E-state index is 14.1. The highest BCUT2D eigenvalue weighted by Gasteiger charge is 2.38. The number of hydrogen-bond donors (Lipinski definition) is 1. The van der Waals surface area contributed by atoms with Gasteiger partial charge in [0.05, 0.1) is 6.04 Å². The number of halogens is 2. The second kappa shape index (κ2) is 5.90. The Morgan fingerprint density at radius 3 is 2.53 bits per heavy atom. The number of rotatable bonds is 4. The highest BCUT2D eigenvalue weighted by atomic mass is 79.9. The number of likely N-dealkylation sites (N-methyl/N-ethyl adjacent to an activating group) is 1. The van der Waals surface area contributed by atoms with Gasteiger partial charge in [-0.1, -0.05) is 15.9 Å². The van der Waals surface area contributed by atoms with Crippen molar-refractivity contribution in [2.75, 3.05) is 20.1 Å². The fourth-order valence-electron chi connectivity index (χ4n) is 3.10. The summed E-state index contributed by atoms with van der Waals surface area (Å²) in [6, 6.07) is 5.13. The van der Waals surface area contributed by atoms with Crippen LogP contribution in [0.2, 0.25) is 0 Å². The van der Waals surface area contributed by atoms with E-state index in [1.54, 1.807) is 6.07 Å². The number of nitrogens with one attached hydrogen (secondary N) is 1. The van der Waals surface area contributed by atoms with E-state index in [1.807, 2.05) is 13.1 Å². The minimum atomic E-state index is -0.144. The Balaban J connectivity index is 2.35. The van der Waals surface area contributed by atoms with Crippen molar-refractivity contribution in [1.29, 1.82) is 0 Å². The lowest BCUT2D eigenvalue weighted by Crippen LogP contribution is -2.51. The van der Waals surface area contributed by atoms with Crippen LogP contribution in [0.5, 0.6) is 0 Å². The van der Waals surface area contributed by atoms with Crippen LogP contribution < -0.4 is 5.32 Å². The van der Waals surface area contributed by atoms with Gasteiger partial charge in [0, 0.05) is 15.6 Å². The molecule has 1 N–H and O–H groups in total. The second-order valence-electron chi connectivity index (χ2n) is 5.74. The number of hydrogen-bond acceptors (Lipinski definition) is 2. The van der Waals surface area contributed by atoms with Gasteiger partial charge in [-0.3, -0.25) is 4.90 Å². The summed E-state index contributed by atoms with van der Waals surface area (Å²) in [4.78, 5) is 2.45. The van der Waals surface area contributed by atoms with Crippen LogP contribution in [0.3, 0.4) is 0 Å². The van der Waals surface area contributed by atoms with Gasteiger partial charge in [-0.25, -0.2) is 4.39 Å². The lowest BCUT2D eigenvalue weighted by Gasteiger charge is -2.42. The van der Waals surface area contributed by atoms with E-state index in [-0.39, 0.29) is 17.4 Å². The van der Waals surface area contributed by atoms with Gasteiger partial charge in [0.1, 0.15) is 5.82 Å². The van der Waals surface area contributed by atoms with Crippen molar-refractivity contribution in [3.8, 4) is 0 Å². The van der Waals surface area contributed by atoms with Crippen LogP contribution in [0.25, 0.3) is 0 Å². The molecule has 1 heterocycles. The zero-order chi connectivity index (χ0) is 14.0. The molecule has 106 valence electrons. The van der Waals surface area contributed by atoms with Gasteiger partial charge in [0.15, 0.2) is 0 Å². The quantitative estimate of drug-likeness (QED) is 0.906. The Morgan fingerprint density at radius 1 is 1.32 bits per heavy atom. The smallest absolute Gasteiger partial charge is 0.128 e. The summed E-state index contributed by atoms with van der Waals surface area (Å²) in [6.45, 7) is 6.58. The molecule has 19 heavy (non-hydrogen) atoms. The van der Waals surface area contributed by atoms with Crippen molar-refractivity contribution in [2.24, 2.45) is 0 Å². The minimum absolute atomic E-state index is 0.0249. The largest absolute Gasteiger partial charge is 0.311 e. The molecule has 1 fully saturated rings. The van der Waals surface area contributed by atoms with Crippen LogP contribution in [0.15, 0.2) is 22.7 Å². The third kappa shape index (κ3) is 3.01. The summed E-state index contributed by atoms with van der Waals surface area (Å²) in [5, 5.41) is 3.30. The summed E-state index contributed by atoms with van der Waals surface area (Å²) in [7, 11) is 1.91. The molecule has 0 radical (unpaired) electrons. The highest BCUT2D eigenvalue weighted by Crippen LogP contribution is 2.35. The Bertz CT molecular complexity index is 442. The van der Waals surface area contributed by atoms with E-state index in [9.17, 15) is 4.39 Å². The van der Waals surface area contributed by atoms with Gasteiger partial charge in [0.25, 0.3) is 0 Å². The van der Waals surface area contributed by atoms with Gasteiger partial charge in [0.2, 0.25) is 0 Å². The summed E-state index contributed by atoms with van der Waals surface area (Å²) < 4.78 is 15.1. The summed E-state index contributed by atoms with van der Waals surface area (Å²) in [6.07, 6.45) is 2.47. The fourth-order valence-corrected chi connectivity index (χ4v) is 3.48. The Hall–Kier alpha value is -0.450. The predicted octanol–water partition coefficient (Wildman–Crippen LogP) is 3.72. The van der Waals surface area contributed by atoms with Crippen molar-refractivity contribution in [3.05, 3.63) is 34.1 Å². The molecule has 1 saturated heterocycles. The molecule has 0 spiro atoms. The topological polar surface area (TPSA) is 15.3 Å². The highest BCUT2D eigenvalue weighted by molar-refractivity contribution is 9.10. The molecule has 0 aromatic heterocycles. The number of nitrogens with zero attached hydrogens (tertiary/aromatic N) is 1. The molecule has 1 unspecified atom stereocenters. The molecule has 2 rings (SSSR count). The van der Waals surface area contributed by atoms with Gasteiger partial charge >= 0.3 is 0 Å². The fraction of sp³-hybridized carbons (Fsp3) is 0.600. The molecule has 0 saturated carbocycles. The average molecular weight is 329 g/mol. The zero-order valence-corrected chi connectivity index (χ0v) is 13.4. The van der Waals surface area contributed by atoms with Crippen LogP contribution in [0.1, 0.15) is 38.3 Å². The molecule has 2 nitrogen and oxygen atoms in total. The first-order valence-electron chi connectivity index (χ1n) is 6.84. The summed E-state index contributed by atoms with van der Waals surface area (Å²) in [5.41, 5.74) is 0.626. The Labute approximate surface area is 123 Å². The second-order valence-corrected chi connectivity index (χ2v) is 6.65. The molecule has 4 heteroatoms. The van der Waals surface area contributed by atoms with Gasteiger partial charge in [-0.15, -0.1) is 0 Å². The van der Waals surface area contributed by atoms with Crippen LogP contribution in [-0.2, 0) is 0 Å². The molecule has 1 aromatic rings. The van der Waals surface area contributed by atoms with E-state index in [4.69, 9.17) is 0 Å². The molecule has 0 aliphatic carbocycles. The zero-order valence-electron chi connectivity index (χ0n) is 11.8. The third-order valence-electron chi connectivity index (χ3n) is 4.19. The van der Waals surface area contributed by atoms with Crippen molar-refractivity contribution < 1.29 is 4.39 Å². The summed E-state index contributed by atoms with van der Waals surface area (Å²) in [5.74, 6) is -0.144. The normalized spacial score (nSPS) is 18.8. The predicted molar refractivity (Wildman–Crippen MR) is 80.8 cm³/mol. The first-order valence-corrected chi connectivity index (χ1v) is 7.63. The molecule has 0 bridgehead atoms. The minimum Gasteiger partial charge on any atom is -0.311 e. The van der Waals surface area contributed by atoms with E-state index in [0.29, 0.717) is 0 Å². The standard InChI is InChI=1S/C15H22BrFN2/c1-15(2,19-8-4-5-9-19)14(18-3)12-10-11(16)6-7-13(12)17/h6-7,10,14,18H,4-5,8-9H2,1-3H3. The maximum Gasteiger partial charge on any atom is 0.128 e. The molecule has 1 aliphatic rings. The average Bonchev–Trinajstić information content (AvgIpc) is 2.88. The number of likely N-dealkylation sites (tertiary alicyclic amines) is 1. The van der Waals surface area contributed by atoms with E-state index < -0.39 is 0 Å². The van der Waals surface area contributed by atoms with E-state index in [1.165, 1.54) is 18.9 Å². The molecular weight excluding hydrogens is 307 g/mol. The third-order valence-corrected chi connectivity index (χ3v) is 4.68. The van der Waals surface area contributed by atoms with Crippen molar-refractivity contribution in [3.63, 3.8) is 0 Å². The van der Waals surface area contributed by atoms with Crippen molar-refractivity contribution >= 4 is 15.9 Å². The van der Waals surface area contributed by atoms with Crippen LogP contribution >= 0.6 is 15.9 Å². The van der Waals surface area contributed by atoms with E-state index in [0.717, 1.165) is 23.1 Å². The Morgan fingerprint density at radius 2 is 1.95 bits per heavy atom. The van der Waals surface area contributed by atoms with Crippen molar-refractivity contribution in [2.45, 2.75) is 38.3 Å². The Kier molecular flexibility index (Phi) is 4.64. The molecule has 1 aliphatic heterocycles. The molecular formula is C15H22BrFN2. The van der Waals surface area contributed by atoms with Gasteiger partial charge < -0.3 is 5.32 Å². The monoisotopic (exact) mass is 328 g/mol. The maximum absolute atomic E-state index is 14.1. The van der Waals surface area contributed by atoms with Gasteiger partial charge in [-0.2, -0.15) is 0 Å². The van der Waals surface area contributed by atoms with Gasteiger partial charge in [-0.05, 0) is 65.0 Å². The molecule has 1 atom stereocenters. The molecule has 0 amide bonds. The lowest BCUT2D eigenvalue weighted by atomic mass is 9.87. The molecule has 1 aromatic carbocycles. The van der Waals surface area contributed by atoms with Crippen LogP contribution in [0.4, 0.5) is 4.39 Å². The van der Waals surface area contributed by atoms with Crippen LogP contribution in [-0.4, -0.2) is 30.6 Å². The summed E-state index contributed by atoms with van der Waals surface area (Å²) >= 11 is 3.44. The lowest BCUT2D eigenvalue weighted by molar-refractivity contribution is 0.109. The van der Waals surface area contributed by atoms with E-state index >= 15 is 0 Å².